The molecule has 0 bridgehead atoms. The van der Waals surface area contributed by atoms with E-state index in [1.54, 1.807) is 31.8 Å². The number of pyridine rings is 1. The molecule has 1 fully saturated rings. The van der Waals surface area contributed by atoms with Gasteiger partial charge in [-0.3, -0.25) is 4.79 Å². The lowest BCUT2D eigenvalue weighted by atomic mass is 10.1. The first kappa shape index (κ1) is 16.4. The Morgan fingerprint density at radius 1 is 1.38 bits per heavy atom. The molecule has 0 aliphatic carbocycles. The number of rotatable bonds is 6. The SMILES string of the molecule is COCCOc1ccc(C(=O)N2CCCC(n3cncn3)C2)cn1. The molecule has 2 aromatic rings. The number of hydrogen-bond acceptors (Lipinski definition) is 6. The second-order valence-corrected chi connectivity index (χ2v) is 5.65. The molecule has 8 nitrogen and oxygen atoms in total. The third kappa shape index (κ3) is 3.88. The van der Waals surface area contributed by atoms with Crippen LogP contribution in [0.3, 0.4) is 0 Å². The van der Waals surface area contributed by atoms with Crippen molar-refractivity contribution in [3.05, 3.63) is 36.5 Å². The number of hydrogen-bond donors (Lipinski definition) is 0. The van der Waals surface area contributed by atoms with E-state index in [0.717, 1.165) is 19.4 Å². The largest absolute Gasteiger partial charge is 0.475 e. The van der Waals surface area contributed by atoms with Gasteiger partial charge in [0.05, 0.1) is 18.2 Å². The molecule has 3 heterocycles. The van der Waals surface area contributed by atoms with Crippen LogP contribution in [0, 0.1) is 0 Å². The van der Waals surface area contributed by atoms with E-state index in [1.807, 2.05) is 9.58 Å². The van der Waals surface area contributed by atoms with Crippen LogP contribution in [0.15, 0.2) is 31.0 Å². The number of aromatic nitrogens is 4. The molecule has 1 atom stereocenters. The zero-order valence-electron chi connectivity index (χ0n) is 13.7. The van der Waals surface area contributed by atoms with Gasteiger partial charge in [-0.05, 0) is 18.9 Å². The van der Waals surface area contributed by atoms with Crippen LogP contribution < -0.4 is 4.74 Å². The number of amides is 1. The number of ether oxygens (including phenoxy) is 2. The van der Waals surface area contributed by atoms with Gasteiger partial charge in [0.2, 0.25) is 5.88 Å². The molecule has 1 saturated heterocycles. The maximum Gasteiger partial charge on any atom is 0.255 e. The van der Waals surface area contributed by atoms with E-state index in [9.17, 15) is 4.79 Å². The van der Waals surface area contributed by atoms with Gasteiger partial charge in [0.1, 0.15) is 19.3 Å². The highest BCUT2D eigenvalue weighted by Gasteiger charge is 2.26. The maximum absolute atomic E-state index is 12.7. The number of nitrogens with zero attached hydrogens (tertiary/aromatic N) is 5. The summed E-state index contributed by atoms with van der Waals surface area (Å²) < 4.78 is 12.2. The van der Waals surface area contributed by atoms with Crippen LogP contribution >= 0.6 is 0 Å². The van der Waals surface area contributed by atoms with Crippen molar-refractivity contribution in [3.63, 3.8) is 0 Å². The number of likely N-dealkylation sites (tertiary alicyclic amines) is 1. The molecular formula is C16H21N5O3. The van der Waals surface area contributed by atoms with Gasteiger partial charge in [0.25, 0.3) is 5.91 Å². The second kappa shape index (κ2) is 7.87. The molecule has 0 radical (unpaired) electrons. The van der Waals surface area contributed by atoms with Crippen LogP contribution in [0.2, 0.25) is 0 Å². The monoisotopic (exact) mass is 331 g/mol. The summed E-state index contributed by atoms with van der Waals surface area (Å²) >= 11 is 0. The summed E-state index contributed by atoms with van der Waals surface area (Å²) in [4.78, 5) is 22.7. The molecule has 1 amide bonds. The van der Waals surface area contributed by atoms with Gasteiger partial charge in [-0.1, -0.05) is 0 Å². The fraction of sp³-hybridized carbons (Fsp3) is 0.500. The smallest absolute Gasteiger partial charge is 0.255 e. The summed E-state index contributed by atoms with van der Waals surface area (Å²) in [6, 6.07) is 3.63. The number of carbonyl (C=O) groups is 1. The standard InChI is InChI=1S/C16H21N5O3/c1-23-7-8-24-15-5-4-13(9-18-15)16(22)20-6-2-3-14(10-20)21-12-17-11-19-21/h4-5,9,11-12,14H,2-3,6-8,10H2,1H3. The molecule has 2 aromatic heterocycles. The fourth-order valence-electron chi connectivity index (χ4n) is 2.77. The molecule has 0 N–H and O–H groups in total. The van der Waals surface area contributed by atoms with E-state index < -0.39 is 0 Å². The minimum absolute atomic E-state index is 0.0178. The zero-order valence-corrected chi connectivity index (χ0v) is 13.7. The van der Waals surface area contributed by atoms with E-state index in [0.29, 0.717) is 31.2 Å². The number of piperidine rings is 1. The van der Waals surface area contributed by atoms with Crippen LogP contribution in [0.4, 0.5) is 0 Å². The molecule has 8 heteroatoms. The zero-order chi connectivity index (χ0) is 16.8. The molecule has 0 aromatic carbocycles. The average molecular weight is 331 g/mol. The van der Waals surface area contributed by atoms with Crippen LogP contribution in [-0.4, -0.2) is 64.0 Å². The van der Waals surface area contributed by atoms with Gasteiger partial charge in [0, 0.05) is 32.5 Å². The molecular weight excluding hydrogens is 310 g/mol. The molecule has 24 heavy (non-hydrogen) atoms. The third-order valence-electron chi connectivity index (χ3n) is 4.02. The Bertz CT molecular complexity index is 644. The molecule has 3 rings (SSSR count). The minimum Gasteiger partial charge on any atom is -0.475 e. The highest BCUT2D eigenvalue weighted by molar-refractivity contribution is 5.94. The Morgan fingerprint density at radius 3 is 3.00 bits per heavy atom. The van der Waals surface area contributed by atoms with Crippen molar-refractivity contribution >= 4 is 5.91 Å². The molecule has 1 aliphatic heterocycles. The predicted octanol–water partition coefficient (Wildman–Crippen LogP) is 1.18. The molecule has 0 saturated carbocycles. The average Bonchev–Trinajstić information content (AvgIpc) is 3.17. The van der Waals surface area contributed by atoms with Crippen molar-refractivity contribution in [1.82, 2.24) is 24.6 Å². The van der Waals surface area contributed by atoms with E-state index in [-0.39, 0.29) is 11.9 Å². The van der Waals surface area contributed by atoms with Crippen LogP contribution in [0.5, 0.6) is 5.88 Å². The van der Waals surface area contributed by atoms with Crippen molar-refractivity contribution in [2.45, 2.75) is 18.9 Å². The van der Waals surface area contributed by atoms with Crippen LogP contribution in [-0.2, 0) is 4.74 Å². The summed E-state index contributed by atoms with van der Waals surface area (Å²) in [6.07, 6.45) is 6.72. The first-order valence-corrected chi connectivity index (χ1v) is 7.99. The van der Waals surface area contributed by atoms with E-state index in [1.165, 1.54) is 6.33 Å². The van der Waals surface area contributed by atoms with Crippen LogP contribution in [0.1, 0.15) is 29.2 Å². The van der Waals surface area contributed by atoms with Gasteiger partial charge in [-0.25, -0.2) is 14.6 Å². The van der Waals surface area contributed by atoms with Crippen molar-refractivity contribution in [1.29, 1.82) is 0 Å². The summed E-state index contributed by atoms with van der Waals surface area (Å²) in [5, 5.41) is 4.18. The number of carbonyl (C=O) groups excluding carboxylic acids is 1. The fourth-order valence-corrected chi connectivity index (χ4v) is 2.77. The summed E-state index contributed by atoms with van der Waals surface area (Å²) in [6.45, 7) is 2.31. The van der Waals surface area contributed by atoms with Gasteiger partial charge < -0.3 is 14.4 Å². The first-order valence-electron chi connectivity index (χ1n) is 7.99. The lowest BCUT2D eigenvalue weighted by molar-refractivity contribution is 0.0672. The van der Waals surface area contributed by atoms with E-state index >= 15 is 0 Å². The lowest BCUT2D eigenvalue weighted by Gasteiger charge is -2.32. The minimum atomic E-state index is -0.0178. The summed E-state index contributed by atoms with van der Waals surface area (Å²) in [5.41, 5.74) is 0.563. The van der Waals surface area contributed by atoms with Gasteiger partial charge in [0.15, 0.2) is 0 Å². The molecule has 1 aliphatic rings. The van der Waals surface area contributed by atoms with Crippen molar-refractivity contribution in [2.75, 3.05) is 33.4 Å². The third-order valence-corrected chi connectivity index (χ3v) is 4.02. The van der Waals surface area contributed by atoms with E-state index in [4.69, 9.17) is 9.47 Å². The quantitative estimate of drug-likeness (QED) is 0.739. The highest BCUT2D eigenvalue weighted by Crippen LogP contribution is 2.22. The lowest BCUT2D eigenvalue weighted by Crippen LogP contribution is -2.40. The Balaban J connectivity index is 1.61. The van der Waals surface area contributed by atoms with Crippen molar-refractivity contribution < 1.29 is 14.3 Å². The van der Waals surface area contributed by atoms with Gasteiger partial charge in [-0.15, -0.1) is 0 Å². The summed E-state index contributed by atoms with van der Waals surface area (Å²) in [7, 11) is 1.61. The van der Waals surface area contributed by atoms with Gasteiger partial charge in [-0.2, -0.15) is 5.10 Å². The second-order valence-electron chi connectivity index (χ2n) is 5.65. The Hall–Kier alpha value is -2.48. The van der Waals surface area contributed by atoms with Crippen molar-refractivity contribution in [2.24, 2.45) is 0 Å². The predicted molar refractivity (Wildman–Crippen MR) is 85.8 cm³/mol. The molecule has 0 spiro atoms. The topological polar surface area (TPSA) is 82.4 Å². The summed E-state index contributed by atoms with van der Waals surface area (Å²) in [5.74, 6) is 0.471. The Kier molecular flexibility index (Phi) is 5.37. The number of methoxy groups -OCH3 is 1. The maximum atomic E-state index is 12.7. The molecule has 1 unspecified atom stereocenters. The van der Waals surface area contributed by atoms with Crippen LogP contribution in [0.25, 0.3) is 0 Å². The molecule has 128 valence electrons. The normalized spacial score (nSPS) is 17.7. The van der Waals surface area contributed by atoms with Gasteiger partial charge >= 0.3 is 0 Å². The first-order chi connectivity index (χ1) is 11.8. The Morgan fingerprint density at radius 2 is 2.29 bits per heavy atom. The highest BCUT2D eigenvalue weighted by atomic mass is 16.5. The Labute approximate surface area is 140 Å². The van der Waals surface area contributed by atoms with E-state index in [2.05, 4.69) is 15.1 Å². The van der Waals surface area contributed by atoms with Crippen molar-refractivity contribution in [3.8, 4) is 5.88 Å².